The van der Waals surface area contributed by atoms with E-state index in [1.165, 1.54) is 0 Å². The van der Waals surface area contributed by atoms with E-state index in [0.717, 1.165) is 38.0 Å². The van der Waals surface area contributed by atoms with Crippen LogP contribution in [0.5, 0.6) is 5.75 Å². The normalized spacial score (nSPS) is 17.1. The number of phenols is 1. The molecule has 4 nitrogen and oxygen atoms in total. The van der Waals surface area contributed by atoms with E-state index < -0.39 is 0 Å². The number of carbonyl (C=O) groups excluding carboxylic acids is 1. The number of aromatic hydroxyl groups is 1. The molecule has 1 aliphatic rings. The minimum Gasteiger partial charge on any atom is -0.508 e. The third-order valence-electron chi connectivity index (χ3n) is 4.16. The molecule has 1 aliphatic heterocycles. The molecule has 20 heavy (non-hydrogen) atoms. The van der Waals surface area contributed by atoms with Crippen LogP contribution in [0.25, 0.3) is 0 Å². The van der Waals surface area contributed by atoms with Crippen LogP contribution in [0.4, 0.5) is 0 Å². The van der Waals surface area contributed by atoms with E-state index in [1.54, 1.807) is 18.2 Å². The summed E-state index contributed by atoms with van der Waals surface area (Å²) in [6, 6.07) is 4.92. The molecule has 1 aromatic rings. The molecule has 1 aromatic carbocycles. The maximum atomic E-state index is 12.4. The van der Waals surface area contributed by atoms with Crippen molar-refractivity contribution in [3.8, 4) is 5.75 Å². The highest BCUT2D eigenvalue weighted by Crippen LogP contribution is 2.20. The van der Waals surface area contributed by atoms with Crippen molar-refractivity contribution in [1.29, 1.82) is 0 Å². The summed E-state index contributed by atoms with van der Waals surface area (Å²) < 4.78 is 0. The summed E-state index contributed by atoms with van der Waals surface area (Å²) in [5.41, 5.74) is 1.50. The van der Waals surface area contributed by atoms with Crippen molar-refractivity contribution in [2.24, 2.45) is 5.92 Å². The van der Waals surface area contributed by atoms with Crippen molar-refractivity contribution in [2.45, 2.75) is 19.8 Å². The summed E-state index contributed by atoms with van der Waals surface area (Å²) in [7, 11) is 4.01. The monoisotopic (exact) mass is 276 g/mol. The molecule has 0 aromatic heterocycles. The summed E-state index contributed by atoms with van der Waals surface area (Å²) in [6.45, 7) is 4.90. The Bertz CT molecular complexity index is 479. The van der Waals surface area contributed by atoms with Crippen LogP contribution in [-0.2, 0) is 0 Å². The molecule has 0 saturated carbocycles. The van der Waals surface area contributed by atoms with Crippen molar-refractivity contribution in [3.05, 3.63) is 29.3 Å². The molecule has 0 spiro atoms. The molecule has 2 rings (SSSR count). The predicted molar refractivity (Wildman–Crippen MR) is 80.0 cm³/mol. The number of hydrogen-bond acceptors (Lipinski definition) is 3. The Balaban J connectivity index is 1.98. The van der Waals surface area contributed by atoms with Crippen LogP contribution < -0.4 is 0 Å². The number of benzene rings is 1. The summed E-state index contributed by atoms with van der Waals surface area (Å²) >= 11 is 0. The van der Waals surface area contributed by atoms with Gasteiger partial charge in [-0.3, -0.25) is 4.79 Å². The Hall–Kier alpha value is -1.55. The standard InChI is InChI=1S/C16H24N2O2/c1-12-10-14(19)4-5-15(12)16(20)18(3)11-13-6-8-17(2)9-7-13/h4-5,10,13,19H,6-9,11H2,1-3H3. The second-order valence-electron chi connectivity index (χ2n) is 5.93. The average molecular weight is 276 g/mol. The molecular weight excluding hydrogens is 252 g/mol. The highest BCUT2D eigenvalue weighted by atomic mass is 16.3. The van der Waals surface area contributed by atoms with E-state index in [-0.39, 0.29) is 11.7 Å². The number of phenolic OH excluding ortho intramolecular Hbond substituents is 1. The van der Waals surface area contributed by atoms with Crippen LogP contribution in [-0.4, -0.2) is 54.5 Å². The predicted octanol–water partition coefficient (Wildman–Crippen LogP) is 2.11. The second-order valence-corrected chi connectivity index (χ2v) is 5.93. The number of likely N-dealkylation sites (tertiary alicyclic amines) is 1. The summed E-state index contributed by atoms with van der Waals surface area (Å²) in [5.74, 6) is 0.844. The minimum absolute atomic E-state index is 0.0430. The first-order valence-corrected chi connectivity index (χ1v) is 7.21. The molecule has 1 N–H and O–H groups in total. The van der Waals surface area contributed by atoms with Crippen LogP contribution in [0, 0.1) is 12.8 Å². The van der Waals surface area contributed by atoms with E-state index in [4.69, 9.17) is 0 Å². The lowest BCUT2D eigenvalue weighted by molar-refractivity contribution is 0.0746. The molecule has 0 unspecified atom stereocenters. The molecule has 0 radical (unpaired) electrons. The molecule has 4 heteroatoms. The maximum absolute atomic E-state index is 12.4. The van der Waals surface area contributed by atoms with Gasteiger partial charge in [0.25, 0.3) is 5.91 Å². The molecule has 0 bridgehead atoms. The van der Waals surface area contributed by atoms with Gasteiger partial charge in [-0.05, 0) is 69.6 Å². The van der Waals surface area contributed by atoms with E-state index in [1.807, 2.05) is 18.9 Å². The Morgan fingerprint density at radius 3 is 2.65 bits per heavy atom. The quantitative estimate of drug-likeness (QED) is 0.919. The summed E-state index contributed by atoms with van der Waals surface area (Å²) in [6.07, 6.45) is 2.31. The Kier molecular flexibility index (Phi) is 4.65. The zero-order valence-corrected chi connectivity index (χ0v) is 12.6. The minimum atomic E-state index is 0.0430. The molecular formula is C16H24N2O2. The van der Waals surface area contributed by atoms with Gasteiger partial charge in [-0.2, -0.15) is 0 Å². The van der Waals surface area contributed by atoms with Gasteiger partial charge in [-0.15, -0.1) is 0 Å². The number of aryl methyl sites for hydroxylation is 1. The van der Waals surface area contributed by atoms with Crippen LogP contribution in [0.2, 0.25) is 0 Å². The first-order chi connectivity index (χ1) is 9.47. The number of amides is 1. The zero-order valence-electron chi connectivity index (χ0n) is 12.6. The van der Waals surface area contributed by atoms with Crippen molar-refractivity contribution in [1.82, 2.24) is 9.80 Å². The maximum Gasteiger partial charge on any atom is 0.253 e. The molecule has 1 amide bonds. The van der Waals surface area contributed by atoms with Gasteiger partial charge in [-0.1, -0.05) is 0 Å². The van der Waals surface area contributed by atoms with E-state index in [2.05, 4.69) is 11.9 Å². The number of hydrogen-bond donors (Lipinski definition) is 1. The van der Waals surface area contributed by atoms with Crippen LogP contribution >= 0.6 is 0 Å². The number of piperidine rings is 1. The SMILES string of the molecule is Cc1cc(O)ccc1C(=O)N(C)CC1CCN(C)CC1. The first kappa shape index (κ1) is 14.9. The molecule has 1 fully saturated rings. The lowest BCUT2D eigenvalue weighted by atomic mass is 9.96. The van der Waals surface area contributed by atoms with Crippen molar-refractivity contribution in [3.63, 3.8) is 0 Å². The fourth-order valence-corrected chi connectivity index (χ4v) is 2.81. The Labute approximate surface area is 121 Å². The number of rotatable bonds is 3. The first-order valence-electron chi connectivity index (χ1n) is 7.21. The van der Waals surface area contributed by atoms with Crippen LogP contribution in [0.15, 0.2) is 18.2 Å². The number of carbonyl (C=O) groups is 1. The highest BCUT2D eigenvalue weighted by molar-refractivity contribution is 5.95. The molecule has 0 atom stereocenters. The van der Waals surface area contributed by atoms with Gasteiger partial charge in [0, 0.05) is 19.2 Å². The fraction of sp³-hybridized carbons (Fsp3) is 0.562. The smallest absolute Gasteiger partial charge is 0.253 e. The van der Waals surface area contributed by atoms with Gasteiger partial charge >= 0.3 is 0 Å². The summed E-state index contributed by atoms with van der Waals surface area (Å²) in [4.78, 5) is 16.6. The van der Waals surface area contributed by atoms with Crippen molar-refractivity contribution in [2.75, 3.05) is 33.7 Å². The highest BCUT2D eigenvalue weighted by Gasteiger charge is 2.21. The zero-order chi connectivity index (χ0) is 14.7. The fourth-order valence-electron chi connectivity index (χ4n) is 2.81. The van der Waals surface area contributed by atoms with Gasteiger partial charge in [0.15, 0.2) is 0 Å². The Morgan fingerprint density at radius 2 is 2.05 bits per heavy atom. The lowest BCUT2D eigenvalue weighted by Gasteiger charge is -2.31. The second kappa shape index (κ2) is 6.27. The third kappa shape index (κ3) is 3.51. The Morgan fingerprint density at radius 1 is 1.40 bits per heavy atom. The van der Waals surface area contributed by atoms with Gasteiger partial charge in [0.1, 0.15) is 5.75 Å². The molecule has 0 aliphatic carbocycles. The largest absolute Gasteiger partial charge is 0.508 e. The summed E-state index contributed by atoms with van der Waals surface area (Å²) in [5, 5.41) is 9.41. The van der Waals surface area contributed by atoms with Gasteiger partial charge < -0.3 is 14.9 Å². The molecule has 1 heterocycles. The molecule has 1 saturated heterocycles. The topological polar surface area (TPSA) is 43.8 Å². The van der Waals surface area contributed by atoms with Crippen molar-refractivity contribution < 1.29 is 9.90 Å². The van der Waals surface area contributed by atoms with Gasteiger partial charge in [0.05, 0.1) is 0 Å². The third-order valence-corrected chi connectivity index (χ3v) is 4.16. The van der Waals surface area contributed by atoms with Crippen LogP contribution in [0.1, 0.15) is 28.8 Å². The molecule has 110 valence electrons. The average Bonchev–Trinajstić information content (AvgIpc) is 2.40. The van der Waals surface area contributed by atoms with Crippen LogP contribution in [0.3, 0.4) is 0 Å². The van der Waals surface area contributed by atoms with Gasteiger partial charge in [-0.25, -0.2) is 0 Å². The van der Waals surface area contributed by atoms with E-state index in [0.29, 0.717) is 11.5 Å². The van der Waals surface area contributed by atoms with Gasteiger partial charge in [0.2, 0.25) is 0 Å². The lowest BCUT2D eigenvalue weighted by Crippen LogP contribution is -2.38. The van der Waals surface area contributed by atoms with E-state index in [9.17, 15) is 9.90 Å². The van der Waals surface area contributed by atoms with E-state index >= 15 is 0 Å². The number of nitrogens with zero attached hydrogens (tertiary/aromatic N) is 2. The van der Waals surface area contributed by atoms with Crippen molar-refractivity contribution >= 4 is 5.91 Å².